The molecule has 14 rings (SSSR count). The third-order valence-electron chi connectivity index (χ3n) is 20.5. The standard InChI is InChI=1S/3C27H30N2O/c2*1-20(24-13-7-11-22-10-5-6-12-25(22)24)29-19-16-23-15-18-28(27(30)26(23)29)17-14-21-8-3-2-4-9-21;1-3-4-18-28(19-17-22-11-6-5-7-12-22)27(30)26-20-29(26)21(2)24-16-10-14-23-13-8-9-15-25(23)24/h2*2-13,20,23,26H,14-19H2,1H3;3,5-16,21,26H,1,4,17-20H2,2H3/t20-,23+,26-;20-,23-,26+;21-,26?,29?/m111/s1. The van der Waals surface area contributed by atoms with Crippen LogP contribution in [0.4, 0.5) is 0 Å². The average Bonchev–Trinajstić information content (AvgIpc) is 3.08. The van der Waals surface area contributed by atoms with E-state index in [1.165, 1.54) is 65.7 Å². The molecule has 9 aromatic carbocycles. The SMILES string of the molecule is C=CCCN(CCc1ccccc1)C(=O)C1CN1[C@H](C)c1cccc2ccccc12.C[C@H](c1cccc2ccccc12)N1CC[C@@H]2CCN(CCc3ccccc3)C(=O)[C@@H]21.C[C@H](c1cccc2ccccc12)N1CC[C@H]2CCN(CCc3ccccc3)C(=O)[C@H]21. The minimum Gasteiger partial charge on any atom is -0.341 e. The van der Waals surface area contributed by atoms with Gasteiger partial charge in [-0.3, -0.25) is 29.1 Å². The van der Waals surface area contributed by atoms with Crippen molar-refractivity contribution in [2.75, 3.05) is 58.9 Å². The first-order valence-corrected chi connectivity index (χ1v) is 33.4. The molecule has 3 amide bonds. The molecule has 5 fully saturated rings. The number of nitrogens with zero attached hydrogens (tertiary/aromatic N) is 6. The molecule has 5 aliphatic heterocycles. The summed E-state index contributed by atoms with van der Waals surface area (Å²) < 4.78 is 0. The molecule has 0 radical (unpaired) electrons. The first-order chi connectivity index (χ1) is 44.1. The molecule has 0 spiro atoms. The lowest BCUT2D eigenvalue weighted by Crippen LogP contribution is -2.53. The summed E-state index contributed by atoms with van der Waals surface area (Å²) in [5, 5.41) is 7.69. The van der Waals surface area contributed by atoms with Crippen LogP contribution in [0.3, 0.4) is 0 Å². The van der Waals surface area contributed by atoms with Gasteiger partial charge in [-0.05, 0) is 163 Å². The lowest BCUT2D eigenvalue weighted by Gasteiger charge is -2.40. The Bertz CT molecular complexity index is 3690. The molecule has 90 heavy (non-hydrogen) atoms. The predicted octanol–water partition coefficient (Wildman–Crippen LogP) is 15.4. The van der Waals surface area contributed by atoms with Crippen LogP contribution in [0.25, 0.3) is 32.3 Å². The van der Waals surface area contributed by atoms with Gasteiger partial charge in [0.2, 0.25) is 17.7 Å². The van der Waals surface area contributed by atoms with Crippen molar-refractivity contribution >= 4 is 50.0 Å². The maximum atomic E-state index is 13.5. The molecule has 5 saturated heterocycles. The molecular formula is C81H90N6O3. The highest BCUT2D eigenvalue weighted by atomic mass is 16.2. The lowest BCUT2D eigenvalue weighted by atomic mass is 9.90. The number of carbonyl (C=O) groups excluding carboxylic acids is 3. The van der Waals surface area contributed by atoms with E-state index in [0.717, 1.165) is 110 Å². The van der Waals surface area contributed by atoms with E-state index in [1.807, 2.05) is 29.2 Å². The number of hydrogen-bond donors (Lipinski definition) is 0. The molecule has 462 valence electrons. The molecule has 0 aliphatic carbocycles. The maximum Gasteiger partial charge on any atom is 0.241 e. The molecule has 9 aromatic rings. The van der Waals surface area contributed by atoms with Crippen molar-refractivity contribution in [1.82, 2.24) is 29.4 Å². The van der Waals surface area contributed by atoms with Gasteiger partial charge in [0, 0.05) is 63.9 Å². The van der Waals surface area contributed by atoms with Crippen molar-refractivity contribution in [3.8, 4) is 0 Å². The monoisotopic (exact) mass is 1190 g/mol. The van der Waals surface area contributed by atoms with Crippen molar-refractivity contribution in [3.05, 3.63) is 264 Å². The van der Waals surface area contributed by atoms with E-state index in [4.69, 9.17) is 0 Å². The largest absolute Gasteiger partial charge is 0.341 e. The number of amides is 3. The number of hydrogen-bond acceptors (Lipinski definition) is 6. The van der Waals surface area contributed by atoms with Gasteiger partial charge >= 0.3 is 0 Å². The van der Waals surface area contributed by atoms with Crippen LogP contribution in [0.1, 0.15) is 104 Å². The number of likely N-dealkylation sites (tertiary alicyclic amines) is 4. The molecule has 5 heterocycles. The van der Waals surface area contributed by atoms with Crippen LogP contribution in [0.15, 0.2) is 231 Å². The van der Waals surface area contributed by atoms with Crippen molar-refractivity contribution in [3.63, 3.8) is 0 Å². The van der Waals surface area contributed by atoms with Gasteiger partial charge < -0.3 is 14.7 Å². The molecule has 9 heteroatoms. The second-order valence-electron chi connectivity index (χ2n) is 25.7. The van der Waals surface area contributed by atoms with Crippen molar-refractivity contribution < 1.29 is 14.4 Å². The number of carbonyl (C=O) groups is 3. The minimum absolute atomic E-state index is 0.0143. The van der Waals surface area contributed by atoms with E-state index >= 15 is 0 Å². The van der Waals surface area contributed by atoms with Crippen LogP contribution in [0, 0.1) is 11.8 Å². The van der Waals surface area contributed by atoms with Gasteiger partial charge in [0.05, 0.1) is 12.1 Å². The fourth-order valence-corrected chi connectivity index (χ4v) is 15.3. The molecular weight excluding hydrogens is 1100 g/mol. The zero-order valence-corrected chi connectivity index (χ0v) is 53.1. The Hall–Kier alpha value is -8.21. The molecule has 2 unspecified atom stereocenters. The Kier molecular flexibility index (Phi) is 20.1. The first-order valence-electron chi connectivity index (χ1n) is 33.4. The van der Waals surface area contributed by atoms with Gasteiger partial charge in [-0.1, -0.05) is 224 Å². The Balaban J connectivity index is 0.000000131. The molecule has 0 saturated carbocycles. The Labute approximate surface area is 534 Å². The highest BCUT2D eigenvalue weighted by molar-refractivity contribution is 5.90. The van der Waals surface area contributed by atoms with Gasteiger partial charge in [0.25, 0.3) is 0 Å². The molecule has 0 bridgehead atoms. The lowest BCUT2D eigenvalue weighted by molar-refractivity contribution is -0.142. The van der Waals surface area contributed by atoms with Crippen LogP contribution >= 0.6 is 0 Å². The fraction of sp³-hybridized carbons (Fsp3) is 0.346. The van der Waals surface area contributed by atoms with Gasteiger partial charge in [0.1, 0.15) is 6.04 Å². The van der Waals surface area contributed by atoms with Crippen LogP contribution in [-0.2, 0) is 33.6 Å². The summed E-state index contributed by atoms with van der Waals surface area (Å²) in [6.45, 7) is 18.4. The van der Waals surface area contributed by atoms with Crippen LogP contribution in [0.2, 0.25) is 0 Å². The molecule has 0 aromatic heterocycles. The summed E-state index contributed by atoms with van der Waals surface area (Å²) in [4.78, 5) is 53.9. The van der Waals surface area contributed by atoms with E-state index in [0.29, 0.717) is 23.7 Å². The van der Waals surface area contributed by atoms with E-state index < -0.39 is 0 Å². The Morgan fingerprint density at radius 1 is 0.444 bits per heavy atom. The Morgan fingerprint density at radius 3 is 1.21 bits per heavy atom. The number of fused-ring (bicyclic) bond motifs is 5. The maximum absolute atomic E-state index is 13.5. The average molecular weight is 1200 g/mol. The van der Waals surface area contributed by atoms with E-state index in [2.05, 4.69) is 252 Å². The van der Waals surface area contributed by atoms with Crippen molar-refractivity contribution in [2.24, 2.45) is 11.8 Å². The topological polar surface area (TPSA) is 70.4 Å². The smallest absolute Gasteiger partial charge is 0.241 e. The summed E-state index contributed by atoms with van der Waals surface area (Å²) in [7, 11) is 0. The van der Waals surface area contributed by atoms with Gasteiger partial charge in [-0.25, -0.2) is 0 Å². The summed E-state index contributed by atoms with van der Waals surface area (Å²) in [5.41, 5.74) is 7.85. The number of rotatable bonds is 19. The van der Waals surface area contributed by atoms with Crippen LogP contribution < -0.4 is 0 Å². The molecule has 9 atom stereocenters. The quantitative estimate of drug-likeness (QED) is 0.0593. The predicted molar refractivity (Wildman–Crippen MR) is 369 cm³/mol. The molecule has 5 aliphatic rings. The second kappa shape index (κ2) is 29.2. The van der Waals surface area contributed by atoms with Crippen molar-refractivity contribution in [2.45, 2.75) is 108 Å². The third kappa shape index (κ3) is 14.0. The van der Waals surface area contributed by atoms with Gasteiger partial charge in [-0.2, -0.15) is 0 Å². The zero-order chi connectivity index (χ0) is 61.9. The zero-order valence-electron chi connectivity index (χ0n) is 53.1. The third-order valence-corrected chi connectivity index (χ3v) is 20.5. The van der Waals surface area contributed by atoms with Gasteiger partial charge in [0.15, 0.2) is 0 Å². The van der Waals surface area contributed by atoms with Crippen LogP contribution in [0.5, 0.6) is 0 Å². The second-order valence-corrected chi connectivity index (χ2v) is 25.7. The first kappa shape index (κ1) is 62.0. The highest BCUT2D eigenvalue weighted by Gasteiger charge is 2.48. The number of benzene rings is 9. The summed E-state index contributed by atoms with van der Waals surface area (Å²) >= 11 is 0. The summed E-state index contributed by atoms with van der Waals surface area (Å²) in [5.74, 6) is 1.93. The molecule has 0 N–H and O–H groups in total. The fourth-order valence-electron chi connectivity index (χ4n) is 15.3. The number of piperidine rings is 2. The summed E-state index contributed by atoms with van der Waals surface area (Å²) in [6.07, 6.45) is 10.0. The Morgan fingerprint density at radius 2 is 0.800 bits per heavy atom. The van der Waals surface area contributed by atoms with Crippen LogP contribution in [-0.4, -0.2) is 124 Å². The van der Waals surface area contributed by atoms with Gasteiger partial charge in [-0.15, -0.1) is 6.58 Å². The highest BCUT2D eigenvalue weighted by Crippen LogP contribution is 2.42. The normalized spacial score (nSPS) is 21.5. The van der Waals surface area contributed by atoms with Crippen molar-refractivity contribution in [1.29, 1.82) is 0 Å². The van der Waals surface area contributed by atoms with E-state index in [-0.39, 0.29) is 42.2 Å². The van der Waals surface area contributed by atoms with E-state index in [1.54, 1.807) is 0 Å². The molecule has 9 nitrogen and oxygen atoms in total. The summed E-state index contributed by atoms with van der Waals surface area (Å²) in [6, 6.07) is 77.4. The van der Waals surface area contributed by atoms with E-state index in [9.17, 15) is 14.4 Å². The minimum atomic E-state index is -0.0143.